The Labute approximate surface area is 191 Å². The highest BCUT2D eigenvalue weighted by Crippen LogP contribution is 2.52. The van der Waals surface area contributed by atoms with Crippen LogP contribution in [0.1, 0.15) is 54.4 Å². The molecule has 10 nitrogen and oxygen atoms in total. The lowest BCUT2D eigenvalue weighted by Crippen LogP contribution is -2.09. The highest BCUT2D eigenvalue weighted by Gasteiger charge is 2.51. The highest BCUT2D eigenvalue weighted by atomic mass is 16.7. The summed E-state index contributed by atoms with van der Waals surface area (Å²) in [4.78, 5) is 30.6. The normalized spacial score (nSPS) is 19.4. The lowest BCUT2D eigenvalue weighted by Gasteiger charge is -2.01. The van der Waals surface area contributed by atoms with Crippen LogP contribution in [0.2, 0.25) is 0 Å². The molecule has 3 aliphatic rings. The van der Waals surface area contributed by atoms with E-state index in [1.54, 1.807) is 6.92 Å². The quantitative estimate of drug-likeness (QED) is 0.269. The van der Waals surface area contributed by atoms with Crippen LogP contribution in [0.4, 0.5) is 0 Å². The van der Waals surface area contributed by atoms with Gasteiger partial charge in [0.1, 0.15) is 13.6 Å². The molecule has 1 saturated carbocycles. The summed E-state index contributed by atoms with van der Waals surface area (Å²) in [5.74, 6) is -0.225. The first-order valence-corrected chi connectivity index (χ1v) is 10.6. The average Bonchev–Trinajstić information content (AvgIpc) is 3.28. The van der Waals surface area contributed by atoms with Gasteiger partial charge in [-0.05, 0) is 32.6 Å². The van der Waals surface area contributed by atoms with E-state index >= 15 is 0 Å². The van der Waals surface area contributed by atoms with Crippen molar-refractivity contribution in [1.82, 2.24) is 0 Å². The number of rotatable bonds is 4. The van der Waals surface area contributed by atoms with Gasteiger partial charge in [-0.2, -0.15) is 0 Å². The van der Waals surface area contributed by atoms with Crippen molar-refractivity contribution in [2.24, 2.45) is 21.6 Å². The van der Waals surface area contributed by atoms with Crippen LogP contribution in [0.25, 0.3) is 0 Å². The Morgan fingerprint density at radius 2 is 1.44 bits per heavy atom. The molecule has 10 heteroatoms. The van der Waals surface area contributed by atoms with Crippen molar-refractivity contribution in [3.05, 3.63) is 12.2 Å². The number of ether oxygens (including phenoxy) is 5. The largest absolute Gasteiger partial charge is 0.466 e. The molecule has 2 saturated heterocycles. The van der Waals surface area contributed by atoms with Crippen LogP contribution in [0.15, 0.2) is 22.4 Å². The predicted octanol–water partition coefficient (Wildman–Crippen LogP) is 3.69. The van der Waals surface area contributed by atoms with E-state index in [2.05, 4.69) is 30.7 Å². The maximum Gasteiger partial charge on any atom is 0.309 e. The lowest BCUT2D eigenvalue weighted by molar-refractivity contribution is -0.145. The summed E-state index contributed by atoms with van der Waals surface area (Å²) in [6.45, 7) is 19.8. The SMILES string of the molecule is C1COCO1.C1COCO1.C=C(C)C.CCC(=O)N=NC=O.CCOC(=O)C1CC1(C)C. The second-order valence-electron chi connectivity index (χ2n) is 7.64. The van der Waals surface area contributed by atoms with E-state index in [1.807, 2.05) is 20.8 Å². The third kappa shape index (κ3) is 22.7. The van der Waals surface area contributed by atoms with Crippen molar-refractivity contribution in [2.45, 2.75) is 54.4 Å². The molecule has 0 aromatic heterocycles. The number of carbonyl (C=O) groups is 3. The van der Waals surface area contributed by atoms with Gasteiger partial charge in [0, 0.05) is 6.42 Å². The Kier molecular flexibility index (Phi) is 21.0. The molecule has 0 spiro atoms. The highest BCUT2D eigenvalue weighted by molar-refractivity contribution is 5.77. The Morgan fingerprint density at radius 3 is 1.66 bits per heavy atom. The first-order valence-electron chi connectivity index (χ1n) is 10.6. The molecular weight excluding hydrogens is 420 g/mol. The monoisotopic (exact) mass is 460 g/mol. The molecule has 0 aromatic rings. The summed E-state index contributed by atoms with van der Waals surface area (Å²) >= 11 is 0. The molecule has 2 amide bonds. The predicted molar refractivity (Wildman–Crippen MR) is 119 cm³/mol. The number of hydrogen-bond donors (Lipinski definition) is 0. The van der Waals surface area contributed by atoms with E-state index in [4.69, 9.17) is 23.7 Å². The van der Waals surface area contributed by atoms with Crippen molar-refractivity contribution in [3.63, 3.8) is 0 Å². The van der Waals surface area contributed by atoms with Gasteiger partial charge in [0.15, 0.2) is 0 Å². The van der Waals surface area contributed by atoms with E-state index in [0.717, 1.165) is 32.8 Å². The lowest BCUT2D eigenvalue weighted by atomic mass is 10.1. The van der Waals surface area contributed by atoms with Crippen LogP contribution in [0.3, 0.4) is 0 Å². The summed E-state index contributed by atoms with van der Waals surface area (Å²) in [5, 5.41) is 5.82. The maximum atomic E-state index is 11.0. The summed E-state index contributed by atoms with van der Waals surface area (Å²) < 4.78 is 23.8. The van der Waals surface area contributed by atoms with Crippen LogP contribution in [0, 0.1) is 11.3 Å². The Hall–Kier alpha value is -2.01. The zero-order chi connectivity index (χ0) is 24.8. The van der Waals surface area contributed by atoms with Crippen molar-refractivity contribution < 1.29 is 38.1 Å². The van der Waals surface area contributed by atoms with Gasteiger partial charge in [0.2, 0.25) is 0 Å². The molecule has 186 valence electrons. The Bertz CT molecular complexity index is 527. The van der Waals surface area contributed by atoms with E-state index in [0.29, 0.717) is 20.2 Å². The summed E-state index contributed by atoms with van der Waals surface area (Å²) in [7, 11) is 0. The molecule has 1 unspecified atom stereocenters. The fourth-order valence-corrected chi connectivity index (χ4v) is 1.86. The molecule has 2 aliphatic heterocycles. The second kappa shape index (κ2) is 20.9. The second-order valence-corrected chi connectivity index (χ2v) is 7.64. The number of allylic oxidation sites excluding steroid dienone is 1. The van der Waals surface area contributed by atoms with Crippen LogP contribution in [0.5, 0.6) is 0 Å². The summed E-state index contributed by atoms with van der Waals surface area (Å²) in [6.07, 6.45) is 1.51. The van der Waals surface area contributed by atoms with Crippen molar-refractivity contribution >= 4 is 18.3 Å². The van der Waals surface area contributed by atoms with Crippen molar-refractivity contribution in [3.8, 4) is 0 Å². The summed E-state index contributed by atoms with van der Waals surface area (Å²) in [5.41, 5.74) is 1.38. The minimum Gasteiger partial charge on any atom is -0.466 e. The minimum atomic E-state index is -0.378. The molecule has 0 radical (unpaired) electrons. The van der Waals surface area contributed by atoms with Gasteiger partial charge >= 0.3 is 5.97 Å². The fraction of sp³-hybridized carbons (Fsp3) is 0.773. The number of amides is 2. The van der Waals surface area contributed by atoms with E-state index in [1.165, 1.54) is 5.57 Å². The molecule has 0 N–H and O–H groups in total. The molecule has 1 atom stereocenters. The number of hydrogen-bond acceptors (Lipinski definition) is 8. The van der Waals surface area contributed by atoms with Crippen LogP contribution < -0.4 is 0 Å². The van der Waals surface area contributed by atoms with Gasteiger partial charge in [-0.15, -0.1) is 16.8 Å². The molecular formula is C22H40N2O8. The van der Waals surface area contributed by atoms with Gasteiger partial charge in [0.25, 0.3) is 12.3 Å². The Morgan fingerprint density at radius 1 is 1.03 bits per heavy atom. The molecule has 1 aliphatic carbocycles. The van der Waals surface area contributed by atoms with Crippen LogP contribution in [-0.2, 0) is 38.1 Å². The smallest absolute Gasteiger partial charge is 0.309 e. The van der Waals surface area contributed by atoms with Gasteiger partial charge in [0.05, 0.1) is 39.0 Å². The number of azo groups is 1. The third-order valence-corrected chi connectivity index (χ3v) is 3.68. The Balaban J connectivity index is 0. The topological polar surface area (TPSA) is 122 Å². The van der Waals surface area contributed by atoms with Gasteiger partial charge in [-0.25, -0.2) is 0 Å². The maximum absolute atomic E-state index is 11.0. The fourth-order valence-electron chi connectivity index (χ4n) is 1.86. The van der Waals surface area contributed by atoms with Crippen molar-refractivity contribution in [2.75, 3.05) is 46.6 Å². The standard InChI is InChI=1S/C8H14O2.C4H6N2O2.C4H8.2C3H6O2/c1-4-10-7(9)6-5-8(6,2)3;1-2-4(8)6-5-3-7;1-4(2)3;2*1-2-5-3-4-1/h6H,4-5H2,1-3H3;3H,2H2,1H3;1H2,2-3H3;2*1-3H2. The van der Waals surface area contributed by atoms with E-state index < -0.39 is 0 Å². The van der Waals surface area contributed by atoms with Gasteiger partial charge in [-0.1, -0.05) is 26.3 Å². The minimum absolute atomic E-state index is 0.0208. The zero-order valence-corrected chi connectivity index (χ0v) is 20.4. The van der Waals surface area contributed by atoms with Gasteiger partial charge in [-0.3, -0.25) is 14.4 Å². The number of esters is 1. The number of nitrogens with zero attached hydrogens (tertiary/aromatic N) is 2. The van der Waals surface area contributed by atoms with Crippen LogP contribution >= 0.6 is 0 Å². The van der Waals surface area contributed by atoms with Crippen LogP contribution in [-0.4, -0.2) is 64.9 Å². The molecule has 3 rings (SSSR count). The molecule has 0 bridgehead atoms. The van der Waals surface area contributed by atoms with Crippen molar-refractivity contribution in [1.29, 1.82) is 0 Å². The number of carbonyl (C=O) groups excluding carboxylic acids is 3. The molecule has 2 heterocycles. The zero-order valence-electron chi connectivity index (χ0n) is 20.4. The van der Waals surface area contributed by atoms with E-state index in [9.17, 15) is 14.4 Å². The van der Waals surface area contributed by atoms with Gasteiger partial charge < -0.3 is 23.7 Å². The summed E-state index contributed by atoms with van der Waals surface area (Å²) in [6, 6.07) is 0. The molecule has 3 fully saturated rings. The van der Waals surface area contributed by atoms with E-state index in [-0.39, 0.29) is 36.0 Å². The average molecular weight is 461 g/mol. The first kappa shape index (κ1) is 32.2. The third-order valence-electron chi connectivity index (χ3n) is 3.68. The molecule has 32 heavy (non-hydrogen) atoms. The molecule has 0 aromatic carbocycles. The first-order chi connectivity index (χ1) is 15.1.